The van der Waals surface area contributed by atoms with Gasteiger partial charge in [-0.2, -0.15) is 5.10 Å². The van der Waals surface area contributed by atoms with Crippen LogP contribution in [-0.4, -0.2) is 27.5 Å². The molecule has 3 N–H and O–H groups in total. The van der Waals surface area contributed by atoms with Crippen molar-refractivity contribution in [3.63, 3.8) is 0 Å². The molecule has 6 heteroatoms. The van der Waals surface area contributed by atoms with E-state index in [0.29, 0.717) is 11.6 Å². The van der Waals surface area contributed by atoms with Crippen molar-refractivity contribution in [1.29, 1.82) is 0 Å². The molecule has 2 amide bonds. The maximum absolute atomic E-state index is 12.1. The summed E-state index contributed by atoms with van der Waals surface area (Å²) in [5.41, 5.74) is 3.58. The van der Waals surface area contributed by atoms with Crippen molar-refractivity contribution in [2.24, 2.45) is 5.92 Å². The highest BCUT2D eigenvalue weighted by Gasteiger charge is 2.14. The lowest BCUT2D eigenvalue weighted by atomic mass is 10.1. The summed E-state index contributed by atoms with van der Waals surface area (Å²) >= 11 is 0. The summed E-state index contributed by atoms with van der Waals surface area (Å²) in [6, 6.07) is 7.28. The molecule has 0 spiro atoms. The van der Waals surface area contributed by atoms with Gasteiger partial charge in [0.1, 0.15) is 0 Å². The van der Waals surface area contributed by atoms with Gasteiger partial charge in [0.05, 0.1) is 23.7 Å². The first-order valence-corrected chi connectivity index (χ1v) is 8.74. The Morgan fingerprint density at radius 3 is 2.76 bits per heavy atom. The lowest BCUT2D eigenvalue weighted by Crippen LogP contribution is -2.32. The number of aliphatic hydroxyl groups is 1. The minimum atomic E-state index is -0.736. The quantitative estimate of drug-likeness (QED) is 0.721. The number of aryl methyl sites for hydroxylation is 1. The number of aliphatic hydroxyl groups excluding tert-OH is 1. The molecule has 0 radical (unpaired) electrons. The molecule has 0 saturated carbocycles. The number of nitrogens with zero attached hydrogens (tertiary/aromatic N) is 2. The Labute approximate surface area is 149 Å². The van der Waals surface area contributed by atoms with Gasteiger partial charge in [-0.05, 0) is 24.8 Å². The summed E-state index contributed by atoms with van der Waals surface area (Å²) in [5.74, 6) is 0.483. The summed E-state index contributed by atoms with van der Waals surface area (Å²) < 4.78 is 1.93. The van der Waals surface area contributed by atoms with E-state index in [0.717, 1.165) is 29.8 Å². The van der Waals surface area contributed by atoms with E-state index in [4.69, 9.17) is 0 Å². The van der Waals surface area contributed by atoms with Crippen LogP contribution in [0.15, 0.2) is 30.5 Å². The second-order valence-corrected chi connectivity index (χ2v) is 6.70. The summed E-state index contributed by atoms with van der Waals surface area (Å²) in [6.45, 7) is 9.24. The molecule has 1 aromatic heterocycles. The molecule has 0 fully saturated rings. The number of benzene rings is 1. The third kappa shape index (κ3) is 5.32. The van der Waals surface area contributed by atoms with Gasteiger partial charge < -0.3 is 15.7 Å². The van der Waals surface area contributed by atoms with Crippen LogP contribution < -0.4 is 10.6 Å². The van der Waals surface area contributed by atoms with Gasteiger partial charge in [-0.3, -0.25) is 4.68 Å². The Kier molecular flexibility index (Phi) is 6.58. The molecule has 1 aromatic carbocycles. The molecular weight excluding hydrogens is 316 g/mol. The molecule has 6 nitrogen and oxygen atoms in total. The number of amides is 2. The second kappa shape index (κ2) is 8.67. The third-order valence-corrected chi connectivity index (χ3v) is 3.95. The van der Waals surface area contributed by atoms with Gasteiger partial charge in [0.15, 0.2) is 0 Å². The van der Waals surface area contributed by atoms with Gasteiger partial charge in [0, 0.05) is 13.1 Å². The van der Waals surface area contributed by atoms with E-state index >= 15 is 0 Å². The fourth-order valence-corrected chi connectivity index (χ4v) is 2.74. The summed E-state index contributed by atoms with van der Waals surface area (Å²) in [6.07, 6.45) is 1.73. The lowest BCUT2D eigenvalue weighted by molar-refractivity contribution is 0.175. The fourth-order valence-electron chi connectivity index (χ4n) is 2.74. The molecule has 0 aliphatic carbocycles. The number of carbonyl (C=O) groups excluding carboxylic acids is 1. The summed E-state index contributed by atoms with van der Waals surface area (Å²) in [4.78, 5) is 12.1. The van der Waals surface area contributed by atoms with Crippen LogP contribution in [-0.2, 0) is 13.0 Å². The van der Waals surface area contributed by atoms with Crippen molar-refractivity contribution >= 4 is 11.7 Å². The first-order chi connectivity index (χ1) is 11.9. The van der Waals surface area contributed by atoms with Crippen LogP contribution in [0, 0.1) is 12.8 Å². The van der Waals surface area contributed by atoms with Crippen molar-refractivity contribution < 1.29 is 9.90 Å². The van der Waals surface area contributed by atoms with E-state index in [1.807, 2.05) is 42.8 Å². The molecule has 1 atom stereocenters. The van der Waals surface area contributed by atoms with Crippen molar-refractivity contribution in [3.8, 4) is 0 Å². The van der Waals surface area contributed by atoms with Crippen LogP contribution in [0.4, 0.5) is 10.5 Å². The third-order valence-electron chi connectivity index (χ3n) is 3.95. The average Bonchev–Trinajstić information content (AvgIpc) is 2.93. The number of carbonyl (C=O) groups is 1. The minimum Gasteiger partial charge on any atom is -0.387 e. The number of anilines is 1. The predicted molar refractivity (Wildman–Crippen MR) is 99.6 cm³/mol. The highest BCUT2D eigenvalue weighted by atomic mass is 16.3. The van der Waals surface area contributed by atoms with Crippen LogP contribution >= 0.6 is 0 Å². The maximum atomic E-state index is 12.1. The normalized spacial score (nSPS) is 12.2. The maximum Gasteiger partial charge on any atom is 0.319 e. The van der Waals surface area contributed by atoms with E-state index in [-0.39, 0.29) is 12.6 Å². The summed E-state index contributed by atoms with van der Waals surface area (Å²) in [5, 5.41) is 20.1. The van der Waals surface area contributed by atoms with Gasteiger partial charge in [-0.15, -0.1) is 0 Å². The fraction of sp³-hybridized carbons (Fsp3) is 0.474. The van der Waals surface area contributed by atoms with Crippen LogP contribution in [0.3, 0.4) is 0 Å². The molecule has 0 saturated heterocycles. The Bertz CT molecular complexity index is 709. The molecule has 0 bridgehead atoms. The average molecular weight is 344 g/mol. The number of hydrogen-bond acceptors (Lipinski definition) is 3. The van der Waals surface area contributed by atoms with Crippen molar-refractivity contribution in [3.05, 3.63) is 47.3 Å². The SMILES string of the molecule is CCc1c(NC(=O)NCC(O)c2cccc(C)c2)cnn1CC(C)C. The number of nitrogens with one attached hydrogen (secondary N) is 2. The van der Waals surface area contributed by atoms with Crippen molar-refractivity contribution in [2.45, 2.75) is 46.8 Å². The Morgan fingerprint density at radius 1 is 1.36 bits per heavy atom. The van der Waals surface area contributed by atoms with Crippen LogP contribution in [0.25, 0.3) is 0 Å². The Balaban J connectivity index is 1.93. The molecule has 0 aliphatic rings. The molecule has 0 aliphatic heterocycles. The largest absolute Gasteiger partial charge is 0.387 e. The van der Waals surface area contributed by atoms with E-state index in [1.165, 1.54) is 0 Å². The van der Waals surface area contributed by atoms with Gasteiger partial charge in [0.2, 0.25) is 0 Å². The zero-order chi connectivity index (χ0) is 18.4. The van der Waals surface area contributed by atoms with E-state index in [1.54, 1.807) is 6.20 Å². The monoisotopic (exact) mass is 344 g/mol. The van der Waals surface area contributed by atoms with Crippen molar-refractivity contribution in [2.75, 3.05) is 11.9 Å². The molecule has 2 rings (SSSR count). The summed E-state index contributed by atoms with van der Waals surface area (Å²) in [7, 11) is 0. The number of hydrogen-bond donors (Lipinski definition) is 3. The zero-order valence-corrected chi connectivity index (χ0v) is 15.4. The predicted octanol–water partition coefficient (Wildman–Crippen LogP) is 3.27. The molecule has 1 unspecified atom stereocenters. The Morgan fingerprint density at radius 2 is 2.12 bits per heavy atom. The van der Waals surface area contributed by atoms with Gasteiger partial charge in [-0.25, -0.2) is 4.79 Å². The van der Waals surface area contributed by atoms with Crippen LogP contribution in [0.1, 0.15) is 43.7 Å². The van der Waals surface area contributed by atoms with E-state index in [9.17, 15) is 9.90 Å². The second-order valence-electron chi connectivity index (χ2n) is 6.70. The number of rotatable bonds is 7. The highest BCUT2D eigenvalue weighted by molar-refractivity contribution is 5.89. The van der Waals surface area contributed by atoms with Crippen molar-refractivity contribution in [1.82, 2.24) is 15.1 Å². The number of urea groups is 1. The standard InChI is InChI=1S/C19H28N4O2/c1-5-17-16(10-21-23(17)12-13(2)3)22-19(25)20-11-18(24)15-8-6-7-14(4)9-15/h6-10,13,18,24H,5,11-12H2,1-4H3,(H2,20,22,25). The zero-order valence-electron chi connectivity index (χ0n) is 15.4. The first-order valence-electron chi connectivity index (χ1n) is 8.74. The van der Waals surface area contributed by atoms with Gasteiger partial charge in [-0.1, -0.05) is 50.6 Å². The van der Waals surface area contributed by atoms with Gasteiger partial charge >= 0.3 is 6.03 Å². The van der Waals surface area contributed by atoms with Crippen LogP contribution in [0.5, 0.6) is 0 Å². The first kappa shape index (κ1) is 19.0. The molecular formula is C19H28N4O2. The lowest BCUT2D eigenvalue weighted by Gasteiger charge is -2.14. The Hall–Kier alpha value is -2.34. The van der Waals surface area contributed by atoms with E-state index < -0.39 is 6.10 Å². The highest BCUT2D eigenvalue weighted by Crippen LogP contribution is 2.17. The molecule has 1 heterocycles. The minimum absolute atomic E-state index is 0.150. The topological polar surface area (TPSA) is 79.2 Å². The van der Waals surface area contributed by atoms with E-state index in [2.05, 4.69) is 29.6 Å². The molecule has 2 aromatic rings. The van der Waals surface area contributed by atoms with Crippen LogP contribution in [0.2, 0.25) is 0 Å². The molecule has 136 valence electrons. The van der Waals surface area contributed by atoms with Gasteiger partial charge in [0.25, 0.3) is 0 Å². The molecule has 25 heavy (non-hydrogen) atoms. The number of aromatic nitrogens is 2. The smallest absolute Gasteiger partial charge is 0.319 e.